The minimum Gasteiger partial charge on any atom is -0.484 e. The maximum atomic E-state index is 12.6. The maximum Gasteiger partial charge on any atom is 0.261 e. The molecule has 1 atom stereocenters. The summed E-state index contributed by atoms with van der Waals surface area (Å²) in [6.45, 7) is 9.86. The number of hydrogen-bond donors (Lipinski definition) is 2. The van der Waals surface area contributed by atoms with Crippen LogP contribution in [0, 0.1) is 27.7 Å². The Morgan fingerprint density at radius 1 is 0.879 bits per heavy atom. The van der Waals surface area contributed by atoms with E-state index in [-0.39, 0.29) is 23.5 Å². The Morgan fingerprint density at radius 2 is 1.48 bits per heavy atom. The minimum absolute atomic E-state index is 0.110. The Hall–Kier alpha value is -3.32. The summed E-state index contributed by atoms with van der Waals surface area (Å²) in [4.78, 5) is 12.5. The van der Waals surface area contributed by atoms with Crippen LogP contribution in [-0.2, 0) is 14.8 Å². The molecule has 0 bridgehead atoms. The minimum atomic E-state index is -3.72. The van der Waals surface area contributed by atoms with E-state index < -0.39 is 10.0 Å². The number of benzene rings is 3. The lowest BCUT2D eigenvalue weighted by molar-refractivity contribution is -0.123. The first kappa shape index (κ1) is 24.3. The predicted octanol–water partition coefficient (Wildman–Crippen LogP) is 4.98. The summed E-state index contributed by atoms with van der Waals surface area (Å²) in [6.07, 6.45) is 0. The number of amides is 1. The maximum absolute atomic E-state index is 12.6. The zero-order valence-electron chi connectivity index (χ0n) is 19.6. The van der Waals surface area contributed by atoms with Gasteiger partial charge in [0.25, 0.3) is 15.9 Å². The van der Waals surface area contributed by atoms with E-state index in [1.54, 1.807) is 12.1 Å². The van der Waals surface area contributed by atoms with Crippen molar-refractivity contribution in [1.29, 1.82) is 0 Å². The number of carbonyl (C=O) groups excluding carboxylic acids is 1. The van der Waals surface area contributed by atoms with E-state index in [4.69, 9.17) is 4.74 Å². The van der Waals surface area contributed by atoms with Gasteiger partial charge in [-0.2, -0.15) is 0 Å². The van der Waals surface area contributed by atoms with Crippen LogP contribution in [0.3, 0.4) is 0 Å². The highest BCUT2D eigenvalue weighted by Crippen LogP contribution is 2.22. The first-order valence-electron chi connectivity index (χ1n) is 10.7. The SMILES string of the molecule is Cc1ccc(NS(=O)(=O)c2ccc(OCC(=O)N[C@@H](C)c3cc(C)c(C)cc3C)cc2)cc1. The van der Waals surface area contributed by atoms with Gasteiger partial charge in [0.05, 0.1) is 10.9 Å². The fraction of sp³-hybridized carbons (Fsp3) is 0.269. The molecule has 0 spiro atoms. The van der Waals surface area contributed by atoms with Crippen LogP contribution in [0.25, 0.3) is 0 Å². The molecule has 0 fully saturated rings. The number of sulfonamides is 1. The largest absolute Gasteiger partial charge is 0.484 e. The summed E-state index contributed by atoms with van der Waals surface area (Å²) in [5.41, 5.74) is 6.13. The van der Waals surface area contributed by atoms with Gasteiger partial charge in [0.2, 0.25) is 0 Å². The molecule has 33 heavy (non-hydrogen) atoms. The molecule has 0 saturated carbocycles. The van der Waals surface area contributed by atoms with E-state index in [9.17, 15) is 13.2 Å². The van der Waals surface area contributed by atoms with E-state index >= 15 is 0 Å². The Morgan fingerprint density at radius 3 is 2.12 bits per heavy atom. The van der Waals surface area contributed by atoms with Gasteiger partial charge in [0.15, 0.2) is 6.61 Å². The number of hydrogen-bond acceptors (Lipinski definition) is 4. The average Bonchev–Trinajstić information content (AvgIpc) is 2.76. The highest BCUT2D eigenvalue weighted by molar-refractivity contribution is 7.92. The average molecular weight is 467 g/mol. The Kier molecular flexibility index (Phi) is 7.43. The zero-order valence-corrected chi connectivity index (χ0v) is 20.4. The first-order valence-corrected chi connectivity index (χ1v) is 12.2. The molecule has 0 saturated heterocycles. The molecule has 3 rings (SSSR count). The number of ether oxygens (including phenoxy) is 1. The molecule has 0 aromatic heterocycles. The molecule has 3 aromatic rings. The van der Waals surface area contributed by atoms with Gasteiger partial charge in [-0.3, -0.25) is 9.52 Å². The molecule has 0 aliphatic heterocycles. The van der Waals surface area contributed by atoms with Gasteiger partial charge in [-0.05, 0) is 93.3 Å². The molecule has 6 nitrogen and oxygen atoms in total. The molecule has 0 aliphatic carbocycles. The van der Waals surface area contributed by atoms with Gasteiger partial charge in [-0.25, -0.2) is 8.42 Å². The van der Waals surface area contributed by atoms with E-state index in [0.29, 0.717) is 11.4 Å². The fourth-order valence-corrected chi connectivity index (χ4v) is 4.57. The van der Waals surface area contributed by atoms with E-state index in [1.165, 1.54) is 35.4 Å². The topological polar surface area (TPSA) is 84.5 Å². The van der Waals surface area contributed by atoms with E-state index in [2.05, 4.69) is 36.0 Å². The lowest BCUT2D eigenvalue weighted by atomic mass is 9.96. The highest BCUT2D eigenvalue weighted by Gasteiger charge is 2.16. The number of rotatable bonds is 8. The molecule has 0 radical (unpaired) electrons. The highest BCUT2D eigenvalue weighted by atomic mass is 32.2. The van der Waals surface area contributed by atoms with Crippen LogP contribution in [0.15, 0.2) is 65.6 Å². The summed E-state index contributed by atoms with van der Waals surface area (Å²) in [7, 11) is -3.72. The monoisotopic (exact) mass is 466 g/mol. The van der Waals surface area contributed by atoms with Gasteiger partial charge in [-0.15, -0.1) is 0 Å². The fourth-order valence-electron chi connectivity index (χ4n) is 3.51. The number of anilines is 1. The van der Waals surface area contributed by atoms with Crippen molar-refractivity contribution in [3.05, 3.63) is 88.5 Å². The lowest BCUT2D eigenvalue weighted by Gasteiger charge is -2.18. The van der Waals surface area contributed by atoms with Gasteiger partial charge in [0, 0.05) is 5.69 Å². The Labute approximate surface area is 196 Å². The zero-order chi connectivity index (χ0) is 24.2. The first-order chi connectivity index (χ1) is 15.5. The van der Waals surface area contributed by atoms with Crippen molar-refractivity contribution in [3.63, 3.8) is 0 Å². The summed E-state index contributed by atoms with van der Waals surface area (Å²) in [5, 5.41) is 2.95. The summed E-state index contributed by atoms with van der Waals surface area (Å²) >= 11 is 0. The summed E-state index contributed by atoms with van der Waals surface area (Å²) < 4.78 is 33.2. The van der Waals surface area contributed by atoms with Crippen molar-refractivity contribution in [2.45, 2.75) is 45.6 Å². The van der Waals surface area contributed by atoms with Gasteiger partial charge in [-0.1, -0.05) is 29.8 Å². The molecule has 3 aromatic carbocycles. The van der Waals surface area contributed by atoms with Crippen LogP contribution in [-0.4, -0.2) is 20.9 Å². The Balaban J connectivity index is 1.57. The van der Waals surface area contributed by atoms with Crippen molar-refractivity contribution < 1.29 is 17.9 Å². The standard InChI is InChI=1S/C26H30N2O4S/c1-17-6-8-22(9-7-17)28-33(30,31)24-12-10-23(11-13-24)32-16-26(29)27-21(5)25-15-19(3)18(2)14-20(25)4/h6-15,21,28H,16H2,1-5H3,(H,27,29)/t21-/m0/s1. The molecule has 0 aliphatic rings. The van der Waals surface area contributed by atoms with Crippen LogP contribution in [0.5, 0.6) is 5.75 Å². The molecule has 174 valence electrons. The van der Waals surface area contributed by atoms with Crippen molar-refractivity contribution in [2.75, 3.05) is 11.3 Å². The molecular weight excluding hydrogens is 436 g/mol. The number of aryl methyl sites for hydroxylation is 4. The summed E-state index contributed by atoms with van der Waals surface area (Å²) in [5.74, 6) is 0.160. The van der Waals surface area contributed by atoms with Crippen LogP contribution >= 0.6 is 0 Å². The van der Waals surface area contributed by atoms with Crippen LogP contribution < -0.4 is 14.8 Å². The molecule has 0 unspecified atom stereocenters. The second-order valence-corrected chi connectivity index (χ2v) is 10.00. The third-order valence-corrected chi connectivity index (χ3v) is 6.93. The molecule has 7 heteroatoms. The second kappa shape index (κ2) is 10.1. The van der Waals surface area contributed by atoms with Crippen molar-refractivity contribution in [3.8, 4) is 5.75 Å². The molecular formula is C26H30N2O4S. The van der Waals surface area contributed by atoms with E-state index in [1.807, 2.05) is 32.9 Å². The lowest BCUT2D eigenvalue weighted by Crippen LogP contribution is -2.31. The second-order valence-electron chi connectivity index (χ2n) is 8.31. The number of nitrogens with one attached hydrogen (secondary N) is 2. The van der Waals surface area contributed by atoms with Crippen LogP contribution in [0.1, 0.15) is 40.8 Å². The van der Waals surface area contributed by atoms with Crippen molar-refractivity contribution in [1.82, 2.24) is 5.32 Å². The summed E-state index contributed by atoms with van der Waals surface area (Å²) in [6, 6.07) is 17.1. The van der Waals surface area contributed by atoms with Gasteiger partial charge >= 0.3 is 0 Å². The molecule has 2 N–H and O–H groups in total. The van der Waals surface area contributed by atoms with Gasteiger partial charge < -0.3 is 10.1 Å². The van der Waals surface area contributed by atoms with E-state index in [0.717, 1.165) is 16.7 Å². The van der Waals surface area contributed by atoms with Crippen LogP contribution in [0.2, 0.25) is 0 Å². The third-order valence-electron chi connectivity index (χ3n) is 5.53. The predicted molar refractivity (Wildman–Crippen MR) is 131 cm³/mol. The Bertz CT molecular complexity index is 1230. The molecule has 1 amide bonds. The smallest absolute Gasteiger partial charge is 0.261 e. The van der Waals surface area contributed by atoms with Crippen molar-refractivity contribution in [2.24, 2.45) is 0 Å². The third kappa shape index (κ3) is 6.35. The van der Waals surface area contributed by atoms with Crippen molar-refractivity contribution >= 4 is 21.6 Å². The number of carbonyl (C=O) groups is 1. The van der Waals surface area contributed by atoms with Crippen LogP contribution in [0.4, 0.5) is 5.69 Å². The normalized spacial score (nSPS) is 12.2. The van der Waals surface area contributed by atoms with Gasteiger partial charge in [0.1, 0.15) is 5.75 Å². The quantitative estimate of drug-likeness (QED) is 0.491. The molecule has 0 heterocycles.